The van der Waals surface area contributed by atoms with E-state index in [4.69, 9.17) is 5.11 Å². The molecule has 0 atom stereocenters. The van der Waals surface area contributed by atoms with Crippen LogP contribution in [-0.2, 0) is 13.0 Å². The minimum Gasteiger partial charge on any atom is -0.391 e. The minimum atomic E-state index is 0.323. The van der Waals surface area contributed by atoms with Crippen molar-refractivity contribution < 1.29 is 14.9 Å². The molecule has 0 spiro atoms. The van der Waals surface area contributed by atoms with E-state index in [1.165, 1.54) is 37.3 Å². The van der Waals surface area contributed by atoms with Gasteiger partial charge in [0, 0.05) is 5.56 Å². The van der Waals surface area contributed by atoms with Gasteiger partial charge in [-0.25, -0.2) is 0 Å². The molecule has 0 bridgehead atoms. The quantitative estimate of drug-likeness (QED) is 0.585. The van der Waals surface area contributed by atoms with Gasteiger partial charge in [0.05, 0.1) is 6.61 Å². The minimum absolute atomic E-state index is 0.323. The maximum absolute atomic E-state index is 8.94. The molecule has 1 aliphatic heterocycles. The van der Waals surface area contributed by atoms with Gasteiger partial charge in [-0.05, 0) is 12.0 Å². The molecule has 1 heterocycles. The van der Waals surface area contributed by atoms with Gasteiger partial charge in [0.1, 0.15) is 39.3 Å². The third kappa shape index (κ3) is 3.80. The Bertz CT molecular complexity index is 342. The summed E-state index contributed by atoms with van der Waals surface area (Å²) < 4.78 is 0. The lowest BCUT2D eigenvalue weighted by atomic mass is 10.1. The van der Waals surface area contributed by atoms with Crippen LogP contribution in [0.3, 0.4) is 0 Å². The highest BCUT2D eigenvalue weighted by Gasteiger charge is 2.22. The molecule has 0 radical (unpaired) electrons. The highest BCUT2D eigenvalue weighted by atomic mass is 16.3. The van der Waals surface area contributed by atoms with Crippen LogP contribution in [0.1, 0.15) is 18.1 Å². The zero-order valence-electron chi connectivity index (χ0n) is 11.4. The van der Waals surface area contributed by atoms with Gasteiger partial charge >= 0.3 is 0 Å². The van der Waals surface area contributed by atoms with Gasteiger partial charge in [-0.3, -0.25) is 0 Å². The second kappa shape index (κ2) is 6.88. The number of benzene rings is 1. The van der Waals surface area contributed by atoms with Crippen molar-refractivity contribution >= 4 is 0 Å². The van der Waals surface area contributed by atoms with Crippen LogP contribution in [0, 0.1) is 0 Å². The van der Waals surface area contributed by atoms with Crippen molar-refractivity contribution in [3.63, 3.8) is 0 Å². The summed E-state index contributed by atoms with van der Waals surface area (Å²) in [6.45, 7) is 9.43. The highest BCUT2D eigenvalue weighted by molar-refractivity contribution is 5.21. The molecule has 0 aliphatic carbocycles. The van der Waals surface area contributed by atoms with E-state index in [2.05, 4.69) is 31.2 Å². The highest BCUT2D eigenvalue weighted by Crippen LogP contribution is 2.03. The maximum Gasteiger partial charge on any atom is 0.127 e. The van der Waals surface area contributed by atoms with Gasteiger partial charge in [0.25, 0.3) is 0 Å². The summed E-state index contributed by atoms with van der Waals surface area (Å²) in [6, 6.07) is 9.06. The van der Waals surface area contributed by atoms with Gasteiger partial charge in [-0.1, -0.05) is 31.2 Å². The zero-order chi connectivity index (χ0) is 12.8. The topological polar surface area (TPSA) is 29.1 Å². The monoisotopic (exact) mass is 250 g/mol. The number of hydrogen-bond acceptors (Lipinski definition) is 1. The van der Waals surface area contributed by atoms with Crippen LogP contribution in [0.2, 0.25) is 0 Å². The number of nitrogens with one attached hydrogen (secondary N) is 2. The Hall–Kier alpha value is -0.900. The van der Waals surface area contributed by atoms with Crippen molar-refractivity contribution in [2.45, 2.75) is 19.9 Å². The third-order valence-electron chi connectivity index (χ3n) is 4.01. The first-order valence-corrected chi connectivity index (χ1v) is 7.17. The van der Waals surface area contributed by atoms with E-state index in [0.29, 0.717) is 6.61 Å². The van der Waals surface area contributed by atoms with Gasteiger partial charge in [0.2, 0.25) is 0 Å². The average Bonchev–Trinajstić information content (AvgIpc) is 2.42. The number of rotatable bonds is 5. The predicted molar refractivity (Wildman–Crippen MR) is 72.9 cm³/mol. The fraction of sp³-hybridized carbons (Fsp3) is 0.600. The molecule has 0 unspecified atom stereocenters. The fourth-order valence-electron chi connectivity index (χ4n) is 2.72. The molecule has 1 aromatic carbocycles. The fourth-order valence-corrected chi connectivity index (χ4v) is 2.72. The van der Waals surface area contributed by atoms with Crippen molar-refractivity contribution in [1.29, 1.82) is 0 Å². The summed E-state index contributed by atoms with van der Waals surface area (Å²) in [6.07, 6.45) is 1.12. The summed E-state index contributed by atoms with van der Waals surface area (Å²) in [4.78, 5) is 3.24. The first-order valence-electron chi connectivity index (χ1n) is 7.17. The van der Waals surface area contributed by atoms with Crippen molar-refractivity contribution in [3.8, 4) is 0 Å². The van der Waals surface area contributed by atoms with Gasteiger partial charge in [-0.15, -0.1) is 0 Å². The standard InChI is InChI=1S/C15H24N2O/c1-2-14-3-5-15(6-4-14)13-17-9-7-16(8-10-17)11-12-18/h3-6,18H,2,7-13H2,1H3/p+2. The summed E-state index contributed by atoms with van der Waals surface area (Å²) >= 11 is 0. The Morgan fingerprint density at radius 2 is 1.50 bits per heavy atom. The summed E-state index contributed by atoms with van der Waals surface area (Å²) in [5.41, 5.74) is 2.87. The molecule has 3 nitrogen and oxygen atoms in total. The molecule has 1 aromatic rings. The van der Waals surface area contributed by atoms with E-state index < -0.39 is 0 Å². The molecule has 1 saturated heterocycles. The lowest BCUT2D eigenvalue weighted by Gasteiger charge is -2.29. The predicted octanol–water partition coefficient (Wildman–Crippen LogP) is -1.48. The van der Waals surface area contributed by atoms with Crippen LogP contribution in [0.5, 0.6) is 0 Å². The van der Waals surface area contributed by atoms with Crippen LogP contribution < -0.4 is 9.80 Å². The second-order valence-corrected chi connectivity index (χ2v) is 5.32. The van der Waals surface area contributed by atoms with Crippen LogP contribution in [0.15, 0.2) is 24.3 Å². The van der Waals surface area contributed by atoms with Crippen LogP contribution in [0.4, 0.5) is 0 Å². The van der Waals surface area contributed by atoms with Crippen molar-refractivity contribution in [3.05, 3.63) is 35.4 Å². The van der Waals surface area contributed by atoms with E-state index in [9.17, 15) is 0 Å². The molecule has 100 valence electrons. The third-order valence-corrected chi connectivity index (χ3v) is 4.01. The molecule has 1 aliphatic rings. The second-order valence-electron chi connectivity index (χ2n) is 5.32. The Kier molecular flexibility index (Phi) is 5.17. The molecule has 0 aromatic heterocycles. The SMILES string of the molecule is CCc1ccc(C[NH+]2CC[NH+](CCO)CC2)cc1. The Balaban J connectivity index is 1.80. The number of hydrogen-bond donors (Lipinski definition) is 3. The molecular formula is C15H26N2O+2. The van der Waals surface area contributed by atoms with Gasteiger partial charge in [0.15, 0.2) is 0 Å². The molecule has 1 fully saturated rings. The number of quaternary nitrogens is 2. The first-order chi connectivity index (χ1) is 8.81. The van der Waals surface area contributed by atoms with E-state index in [1.807, 2.05) is 0 Å². The Morgan fingerprint density at radius 3 is 2.06 bits per heavy atom. The molecule has 0 amide bonds. The lowest BCUT2D eigenvalue weighted by Crippen LogP contribution is -3.27. The van der Waals surface area contributed by atoms with E-state index in [1.54, 1.807) is 9.80 Å². The van der Waals surface area contributed by atoms with E-state index in [0.717, 1.165) is 19.5 Å². The lowest BCUT2D eigenvalue weighted by molar-refractivity contribution is -1.02. The van der Waals surface area contributed by atoms with Crippen LogP contribution in [0.25, 0.3) is 0 Å². The number of aryl methyl sites for hydroxylation is 1. The smallest absolute Gasteiger partial charge is 0.127 e. The molecular weight excluding hydrogens is 224 g/mol. The zero-order valence-corrected chi connectivity index (χ0v) is 11.4. The molecule has 18 heavy (non-hydrogen) atoms. The molecule has 3 heteroatoms. The van der Waals surface area contributed by atoms with Crippen molar-refractivity contribution in [2.24, 2.45) is 0 Å². The maximum atomic E-state index is 8.94. The first kappa shape index (κ1) is 13.5. The van der Waals surface area contributed by atoms with Crippen LogP contribution in [-0.4, -0.2) is 44.4 Å². The van der Waals surface area contributed by atoms with E-state index >= 15 is 0 Å². The van der Waals surface area contributed by atoms with Gasteiger partial charge in [-0.2, -0.15) is 0 Å². The number of aliphatic hydroxyl groups is 1. The largest absolute Gasteiger partial charge is 0.391 e. The molecule has 3 N–H and O–H groups in total. The number of piperazine rings is 1. The van der Waals surface area contributed by atoms with Gasteiger partial charge < -0.3 is 14.9 Å². The average molecular weight is 250 g/mol. The molecule has 0 saturated carbocycles. The Morgan fingerprint density at radius 1 is 0.944 bits per heavy atom. The van der Waals surface area contributed by atoms with Crippen molar-refractivity contribution in [2.75, 3.05) is 39.3 Å². The van der Waals surface area contributed by atoms with Crippen LogP contribution >= 0.6 is 0 Å². The summed E-state index contributed by atoms with van der Waals surface area (Å²) in [7, 11) is 0. The Labute approximate surface area is 110 Å². The molecule has 2 rings (SSSR count). The van der Waals surface area contributed by atoms with Crippen molar-refractivity contribution in [1.82, 2.24) is 0 Å². The van der Waals surface area contributed by atoms with E-state index in [-0.39, 0.29) is 0 Å². The summed E-state index contributed by atoms with van der Waals surface area (Å²) in [5, 5.41) is 8.94. The normalized spacial score (nSPS) is 24.1. The summed E-state index contributed by atoms with van der Waals surface area (Å²) in [5.74, 6) is 0. The number of aliphatic hydroxyl groups excluding tert-OH is 1.